The third-order valence-corrected chi connectivity index (χ3v) is 9.02. The van der Waals surface area contributed by atoms with Gasteiger partial charge in [-0.1, -0.05) is 52.8 Å². The number of nitrogen functional groups attached to an aromatic ring is 1. The Morgan fingerprint density at radius 3 is 2.37 bits per heavy atom. The van der Waals surface area contributed by atoms with E-state index in [1.54, 1.807) is 58.0 Å². The summed E-state index contributed by atoms with van der Waals surface area (Å²) in [6, 6.07) is 12.0. The van der Waals surface area contributed by atoms with Gasteiger partial charge in [-0.2, -0.15) is 15.4 Å². The number of aromatic nitrogens is 3. The molecular weight excluding hydrogens is 659 g/mol. The van der Waals surface area contributed by atoms with Crippen molar-refractivity contribution in [3.63, 3.8) is 0 Å². The minimum atomic E-state index is -4.53. The van der Waals surface area contributed by atoms with Crippen molar-refractivity contribution in [3.8, 4) is 11.8 Å². The molecule has 1 aromatic carbocycles. The molecule has 2 aromatic heterocycles. The van der Waals surface area contributed by atoms with Crippen molar-refractivity contribution < 1.29 is 46.9 Å². The van der Waals surface area contributed by atoms with Crippen LogP contribution in [0.2, 0.25) is 0 Å². The Hall–Kier alpha value is -4.55. The maximum Gasteiger partial charge on any atom is 0.459 e. The van der Waals surface area contributed by atoms with Gasteiger partial charge < -0.3 is 29.2 Å². The summed E-state index contributed by atoms with van der Waals surface area (Å²) in [5.41, 5.74) is 4.48. The third-order valence-electron chi connectivity index (χ3n) is 7.40. The summed E-state index contributed by atoms with van der Waals surface area (Å²) >= 11 is 0. The van der Waals surface area contributed by atoms with Crippen LogP contribution in [0, 0.1) is 23.2 Å². The highest BCUT2D eigenvalue weighted by Gasteiger charge is 2.62. The Morgan fingerprint density at radius 2 is 1.73 bits per heavy atom. The topological polar surface area (TPSA) is 216 Å². The van der Waals surface area contributed by atoms with Gasteiger partial charge >= 0.3 is 25.7 Å². The molecule has 0 saturated carbocycles. The predicted octanol–water partition coefficient (Wildman–Crippen LogP) is 3.92. The molecule has 1 aliphatic heterocycles. The van der Waals surface area contributed by atoms with Crippen molar-refractivity contribution in [3.05, 3.63) is 54.5 Å². The number of anilines is 1. The molecular formula is C32H41N6O10P. The molecule has 1 aliphatic rings. The first-order chi connectivity index (χ1) is 23.2. The van der Waals surface area contributed by atoms with E-state index in [2.05, 4.69) is 15.2 Å². The second-order valence-electron chi connectivity index (χ2n) is 12.0. The van der Waals surface area contributed by atoms with Gasteiger partial charge in [-0.3, -0.25) is 18.9 Å². The van der Waals surface area contributed by atoms with E-state index >= 15 is 0 Å². The molecule has 0 aliphatic carbocycles. The van der Waals surface area contributed by atoms with Gasteiger partial charge in [0.1, 0.15) is 42.4 Å². The van der Waals surface area contributed by atoms with Crippen LogP contribution in [-0.2, 0) is 42.4 Å². The predicted molar refractivity (Wildman–Crippen MR) is 173 cm³/mol. The molecule has 0 amide bonds. The molecule has 6 atom stereocenters. The molecule has 17 heteroatoms. The Balaban J connectivity index is 1.79. The Morgan fingerprint density at radius 1 is 1.06 bits per heavy atom. The molecule has 1 fully saturated rings. The van der Waals surface area contributed by atoms with Crippen molar-refractivity contribution in [2.75, 3.05) is 18.9 Å². The fourth-order valence-corrected chi connectivity index (χ4v) is 6.29. The van der Waals surface area contributed by atoms with Crippen LogP contribution in [0.5, 0.6) is 5.75 Å². The lowest BCUT2D eigenvalue weighted by atomic mass is 9.95. The average Bonchev–Trinajstić information content (AvgIpc) is 3.63. The van der Waals surface area contributed by atoms with Crippen LogP contribution in [0.4, 0.5) is 5.82 Å². The minimum Gasteiger partial charge on any atom is -0.465 e. The summed E-state index contributed by atoms with van der Waals surface area (Å²) in [7, 11) is -4.53. The monoisotopic (exact) mass is 700 g/mol. The van der Waals surface area contributed by atoms with Crippen LogP contribution in [0.15, 0.2) is 48.8 Å². The summed E-state index contributed by atoms with van der Waals surface area (Å²) in [5, 5.41) is 17.6. The van der Waals surface area contributed by atoms with Gasteiger partial charge in [0.05, 0.1) is 24.1 Å². The molecule has 3 aromatic rings. The number of ether oxygens (including phenoxy) is 4. The van der Waals surface area contributed by atoms with Crippen molar-refractivity contribution in [2.45, 2.75) is 77.9 Å². The lowest BCUT2D eigenvalue weighted by Gasteiger charge is -2.31. The quantitative estimate of drug-likeness (QED) is 0.131. The fourth-order valence-electron chi connectivity index (χ4n) is 4.77. The molecule has 3 heterocycles. The SMILES string of the molecule is CCCOC(=O)[C@H](C)NP(=O)(OC[C@@]1(C#N)O[C@@H](c2ccc3c(N)ncnn23)[C@H](OC(=O)C(C)C)[C@@H]1OC(=O)C(C)C)Oc1ccccc1. The molecule has 1 unspecified atom stereocenters. The van der Waals surface area contributed by atoms with Gasteiger partial charge in [0.15, 0.2) is 18.0 Å². The smallest absolute Gasteiger partial charge is 0.459 e. The molecule has 4 rings (SSSR count). The lowest BCUT2D eigenvalue weighted by Crippen LogP contribution is -2.50. The molecule has 0 spiro atoms. The number of nitriles is 1. The summed E-state index contributed by atoms with van der Waals surface area (Å²) in [5.74, 6) is -3.15. The van der Waals surface area contributed by atoms with E-state index in [4.69, 9.17) is 33.7 Å². The van der Waals surface area contributed by atoms with E-state index < -0.39 is 74.1 Å². The van der Waals surface area contributed by atoms with Crippen molar-refractivity contribution in [1.82, 2.24) is 19.7 Å². The fraction of sp³-hybridized carbons (Fsp3) is 0.500. The summed E-state index contributed by atoms with van der Waals surface area (Å²) in [6.07, 6.45) is -2.53. The number of benzene rings is 1. The maximum atomic E-state index is 14.3. The average molecular weight is 701 g/mol. The molecule has 3 N–H and O–H groups in total. The normalized spacial score (nSPS) is 22.3. The zero-order chi connectivity index (χ0) is 35.9. The van der Waals surface area contributed by atoms with Gasteiger partial charge in [-0.25, -0.2) is 14.1 Å². The molecule has 0 radical (unpaired) electrons. The first-order valence-corrected chi connectivity index (χ1v) is 17.3. The standard InChI is InChI=1S/C32H41N6O10P/c1-7-15-43-31(41)21(6)37-49(42,48-22-11-9-8-10-12-22)44-17-32(16-33)27(46-30(40)20(4)5)26(45-29(39)19(2)3)25(47-32)23-13-14-24-28(34)35-18-36-38(23)24/h8-14,18-21,25-27H,7,15,17H2,1-6H3,(H,37,42)(H2,34,35,36)/t21-,25-,26-,27-,32+,49?/m0/s1. The Bertz CT molecular complexity index is 1730. The zero-order valence-corrected chi connectivity index (χ0v) is 29.0. The van der Waals surface area contributed by atoms with Crippen LogP contribution in [-0.4, -0.2) is 69.6 Å². The van der Waals surface area contributed by atoms with E-state index in [0.717, 1.165) is 0 Å². The van der Waals surface area contributed by atoms with Gasteiger partial charge in [0.25, 0.3) is 0 Å². The molecule has 49 heavy (non-hydrogen) atoms. The van der Waals surface area contributed by atoms with Crippen LogP contribution in [0.25, 0.3) is 5.52 Å². The number of carbonyl (C=O) groups excluding carboxylic acids is 3. The number of nitrogens with two attached hydrogens (primary N) is 1. The van der Waals surface area contributed by atoms with Crippen LogP contribution >= 0.6 is 7.75 Å². The van der Waals surface area contributed by atoms with Gasteiger partial charge in [-0.15, -0.1) is 0 Å². The van der Waals surface area contributed by atoms with E-state index in [9.17, 15) is 24.2 Å². The van der Waals surface area contributed by atoms with Crippen molar-refractivity contribution in [1.29, 1.82) is 5.26 Å². The number of hydrogen-bond donors (Lipinski definition) is 2. The molecule has 0 bridgehead atoms. The summed E-state index contributed by atoms with van der Waals surface area (Å²) in [4.78, 5) is 42.8. The number of carbonyl (C=O) groups is 3. The van der Waals surface area contributed by atoms with Crippen molar-refractivity contribution >= 4 is 37.0 Å². The van der Waals surface area contributed by atoms with Gasteiger partial charge in [0.2, 0.25) is 5.60 Å². The summed E-state index contributed by atoms with van der Waals surface area (Å²) < 4.78 is 50.6. The van der Waals surface area contributed by atoms with Gasteiger partial charge in [0, 0.05) is 0 Å². The molecule has 264 valence electrons. The van der Waals surface area contributed by atoms with Crippen LogP contribution in [0.3, 0.4) is 0 Å². The van der Waals surface area contributed by atoms with Crippen LogP contribution < -0.4 is 15.3 Å². The Kier molecular flexibility index (Phi) is 12.0. The first kappa shape index (κ1) is 37.3. The van der Waals surface area contributed by atoms with Crippen LogP contribution in [0.1, 0.15) is 59.8 Å². The largest absolute Gasteiger partial charge is 0.465 e. The van der Waals surface area contributed by atoms with E-state index in [1.807, 2.05) is 13.0 Å². The number of fused-ring (bicyclic) bond motifs is 1. The highest BCUT2D eigenvalue weighted by molar-refractivity contribution is 7.52. The summed E-state index contributed by atoms with van der Waals surface area (Å²) in [6.45, 7) is 8.90. The second-order valence-corrected chi connectivity index (χ2v) is 13.7. The number of para-hydroxylation sites is 1. The van der Waals surface area contributed by atoms with Gasteiger partial charge in [-0.05, 0) is 37.6 Å². The minimum absolute atomic E-state index is 0.118. The number of hydrogen-bond acceptors (Lipinski definition) is 14. The zero-order valence-electron chi connectivity index (χ0n) is 28.1. The lowest BCUT2D eigenvalue weighted by molar-refractivity contribution is -0.173. The number of esters is 3. The first-order valence-electron chi connectivity index (χ1n) is 15.8. The van der Waals surface area contributed by atoms with E-state index in [1.165, 1.54) is 29.9 Å². The highest BCUT2D eigenvalue weighted by Crippen LogP contribution is 2.50. The number of nitrogens with one attached hydrogen (secondary N) is 1. The molecule has 1 saturated heterocycles. The Labute approximate surface area is 283 Å². The third kappa shape index (κ3) is 8.55. The van der Waals surface area contributed by atoms with E-state index in [-0.39, 0.29) is 23.9 Å². The van der Waals surface area contributed by atoms with E-state index in [0.29, 0.717) is 11.9 Å². The number of rotatable bonds is 15. The maximum absolute atomic E-state index is 14.3. The highest BCUT2D eigenvalue weighted by atomic mass is 31.2. The molecule has 16 nitrogen and oxygen atoms in total. The second kappa shape index (κ2) is 15.8. The van der Waals surface area contributed by atoms with Crippen molar-refractivity contribution in [2.24, 2.45) is 11.8 Å². The number of nitrogens with zero attached hydrogens (tertiary/aromatic N) is 4.